The van der Waals surface area contributed by atoms with Gasteiger partial charge in [-0.3, -0.25) is 4.79 Å². The number of aliphatic carboxylic acids is 1. The summed E-state index contributed by atoms with van der Waals surface area (Å²) in [6.45, 7) is 1.25. The summed E-state index contributed by atoms with van der Waals surface area (Å²) < 4.78 is 4.06. The van der Waals surface area contributed by atoms with Crippen LogP contribution in [0.2, 0.25) is 0 Å². The van der Waals surface area contributed by atoms with Gasteiger partial charge in [0.2, 0.25) is 0 Å². The molecular formula is C4H8BCaNO5. The fourth-order valence-electron chi connectivity index (χ4n) is 0.461. The van der Waals surface area contributed by atoms with Crippen LogP contribution in [0, 0.1) is 0 Å². The van der Waals surface area contributed by atoms with E-state index < -0.39 is 25.4 Å². The van der Waals surface area contributed by atoms with Gasteiger partial charge < -0.3 is 25.5 Å². The van der Waals surface area contributed by atoms with Gasteiger partial charge >= 0.3 is 43.7 Å². The Kier molecular flexibility index (Phi) is 8.92. The van der Waals surface area contributed by atoms with E-state index >= 15 is 0 Å². The van der Waals surface area contributed by atoms with Crippen molar-refractivity contribution in [1.82, 2.24) is 0 Å². The van der Waals surface area contributed by atoms with Gasteiger partial charge in [-0.25, -0.2) is 0 Å². The number of carboxylic acids is 1. The van der Waals surface area contributed by atoms with Crippen molar-refractivity contribution in [2.24, 2.45) is 5.73 Å². The van der Waals surface area contributed by atoms with Crippen LogP contribution in [0.1, 0.15) is 6.92 Å². The predicted octanol–water partition coefficient (Wildman–Crippen LogP) is -3.87. The Hall–Kier alpha value is 0.635. The van der Waals surface area contributed by atoms with Crippen molar-refractivity contribution in [1.29, 1.82) is 0 Å². The third-order valence-electron chi connectivity index (χ3n) is 1.12. The molecule has 2 atom stereocenters. The maximum absolute atomic E-state index is 10.1. The molecule has 0 amide bonds. The molecule has 0 aliphatic carbocycles. The first-order valence-corrected chi connectivity index (χ1v) is 2.90. The minimum absolute atomic E-state index is 0. The van der Waals surface area contributed by atoms with Crippen LogP contribution in [0.25, 0.3) is 0 Å². The Balaban J connectivity index is 0. The molecule has 0 aliphatic heterocycles. The van der Waals surface area contributed by atoms with Crippen LogP contribution in [-0.2, 0) is 9.45 Å². The second-order valence-electron chi connectivity index (χ2n) is 1.99. The maximum Gasteiger partial charge on any atom is 2.00 e. The third kappa shape index (κ3) is 6.18. The fourth-order valence-corrected chi connectivity index (χ4v) is 0.461. The van der Waals surface area contributed by atoms with E-state index in [2.05, 4.69) is 4.65 Å². The Morgan fingerprint density at radius 1 is 1.67 bits per heavy atom. The minimum Gasteiger partial charge on any atom is -0.871 e. The zero-order chi connectivity index (χ0) is 9.02. The second kappa shape index (κ2) is 7.08. The van der Waals surface area contributed by atoms with Crippen molar-refractivity contribution in [3.63, 3.8) is 0 Å². The molecule has 64 valence electrons. The van der Waals surface area contributed by atoms with Gasteiger partial charge in [-0.1, -0.05) is 0 Å². The molecule has 0 heterocycles. The van der Waals surface area contributed by atoms with Crippen LogP contribution in [-0.4, -0.2) is 68.3 Å². The number of hydrogen-bond acceptors (Lipinski definition) is 5. The fraction of sp³-hybridized carbons (Fsp3) is 0.750. The number of carboxylic acid groups (broad SMARTS) is 1. The maximum atomic E-state index is 10.1. The number of rotatable bonds is 4. The molecule has 0 spiro atoms. The molecule has 0 aliphatic rings. The van der Waals surface area contributed by atoms with Gasteiger partial charge in [0.05, 0.1) is 13.4 Å². The molecule has 0 saturated carbocycles. The number of nitrogens with two attached hydrogens (primary N) is 1. The van der Waals surface area contributed by atoms with Gasteiger partial charge in [-0.15, -0.1) is 0 Å². The molecule has 3 N–H and O–H groups in total. The third-order valence-corrected chi connectivity index (χ3v) is 1.12. The van der Waals surface area contributed by atoms with E-state index in [0.717, 1.165) is 0 Å². The zero-order valence-corrected chi connectivity index (χ0v) is 8.81. The Bertz CT molecular complexity index is 145. The number of hydrogen-bond donors (Lipinski definition) is 2. The van der Waals surface area contributed by atoms with E-state index in [1.807, 2.05) is 0 Å². The summed E-state index contributed by atoms with van der Waals surface area (Å²) in [6.07, 6.45) is -1.06. The van der Waals surface area contributed by atoms with E-state index in [1.54, 1.807) is 0 Å². The molecule has 0 aromatic heterocycles. The van der Waals surface area contributed by atoms with Crippen LogP contribution in [0.15, 0.2) is 0 Å². The van der Waals surface area contributed by atoms with Gasteiger partial charge in [0, 0.05) is 0 Å². The molecular weight excluding hydrogens is 193 g/mol. The van der Waals surface area contributed by atoms with Crippen molar-refractivity contribution in [2.75, 3.05) is 0 Å². The van der Waals surface area contributed by atoms with Crippen molar-refractivity contribution < 1.29 is 24.6 Å². The first-order chi connectivity index (χ1) is 4.95. The Morgan fingerprint density at radius 2 is 2.08 bits per heavy atom. The van der Waals surface area contributed by atoms with Gasteiger partial charge in [-0.2, -0.15) is 0 Å². The summed E-state index contributed by atoms with van der Waals surface area (Å²) in [6, 6.07) is -1.33. The van der Waals surface area contributed by atoms with Crippen LogP contribution in [0.4, 0.5) is 0 Å². The van der Waals surface area contributed by atoms with Crippen LogP contribution in [0.5, 0.6) is 0 Å². The summed E-state index contributed by atoms with van der Waals surface area (Å²) in [5.41, 5.74) is 5.01. The summed E-state index contributed by atoms with van der Waals surface area (Å²) in [4.78, 5) is 10.1. The van der Waals surface area contributed by atoms with E-state index in [0.29, 0.717) is 0 Å². The first kappa shape index (κ1) is 15.1. The van der Waals surface area contributed by atoms with Crippen LogP contribution < -0.4 is 15.8 Å². The van der Waals surface area contributed by atoms with Gasteiger partial charge in [0.1, 0.15) is 6.04 Å². The smallest absolute Gasteiger partial charge is 0.871 e. The average molecular weight is 201 g/mol. The molecule has 0 unspecified atom stereocenters. The predicted molar refractivity (Wildman–Crippen MR) is 37.7 cm³/mol. The van der Waals surface area contributed by atoms with Crippen molar-refractivity contribution >= 4 is 51.0 Å². The monoisotopic (exact) mass is 201 g/mol. The van der Waals surface area contributed by atoms with E-state index in [9.17, 15) is 14.8 Å². The van der Waals surface area contributed by atoms with E-state index in [4.69, 9.17) is 10.8 Å². The molecule has 0 rings (SSSR count). The Labute approximate surface area is 99.9 Å². The van der Waals surface area contributed by atoms with Gasteiger partial charge in [-0.05, 0) is 6.92 Å². The van der Waals surface area contributed by atoms with Crippen LogP contribution in [0.3, 0.4) is 0 Å². The zero-order valence-electron chi connectivity index (χ0n) is 6.60. The molecule has 8 heteroatoms. The summed E-state index contributed by atoms with van der Waals surface area (Å²) in [5.74, 6) is -1.31. The standard InChI is InChI=1S/C4H8BNO5.Ca/c1-2(11-5(9)10)3(6)4(7)8;/h2-3H,6H2,1H3,(H,7,8);/q-2;+2/t2-,3+;/m1./s1. The molecule has 0 fully saturated rings. The first-order valence-electron chi connectivity index (χ1n) is 2.90. The molecule has 0 aromatic rings. The Morgan fingerprint density at radius 3 is 2.33 bits per heavy atom. The van der Waals surface area contributed by atoms with E-state index in [-0.39, 0.29) is 37.7 Å². The normalized spacial score (nSPS) is 14.3. The molecule has 6 nitrogen and oxygen atoms in total. The quantitative estimate of drug-likeness (QED) is 0.449. The summed E-state index contributed by atoms with van der Waals surface area (Å²) in [7, 11) is -2.49. The van der Waals surface area contributed by atoms with E-state index in [1.165, 1.54) is 6.92 Å². The van der Waals surface area contributed by atoms with Crippen molar-refractivity contribution in [3.05, 3.63) is 0 Å². The minimum atomic E-state index is -2.49. The summed E-state index contributed by atoms with van der Waals surface area (Å²) >= 11 is 0. The molecule has 0 saturated heterocycles. The molecule has 0 radical (unpaired) electrons. The van der Waals surface area contributed by atoms with Crippen molar-refractivity contribution in [2.45, 2.75) is 19.1 Å². The van der Waals surface area contributed by atoms with Crippen molar-refractivity contribution in [3.8, 4) is 0 Å². The molecule has 0 aromatic carbocycles. The van der Waals surface area contributed by atoms with Gasteiger partial charge in [0.15, 0.2) is 0 Å². The molecule has 12 heavy (non-hydrogen) atoms. The van der Waals surface area contributed by atoms with Gasteiger partial charge in [0.25, 0.3) is 0 Å². The largest absolute Gasteiger partial charge is 2.00 e. The topological polar surface area (TPSA) is 119 Å². The summed E-state index contributed by atoms with van der Waals surface area (Å²) in [5, 5.41) is 27.9. The average Bonchev–Trinajstić information content (AvgIpc) is 1.84. The number of carbonyl (C=O) groups is 1. The second-order valence-corrected chi connectivity index (χ2v) is 1.99. The van der Waals surface area contributed by atoms with Crippen LogP contribution >= 0.6 is 0 Å². The molecule has 0 bridgehead atoms. The SMILES string of the molecule is C[C@@H](OB([O-])[O-])[C@H](N)C(=O)O.[Ca+2].